The van der Waals surface area contributed by atoms with Crippen molar-refractivity contribution in [1.29, 1.82) is 0 Å². The molecule has 0 N–H and O–H groups in total. The van der Waals surface area contributed by atoms with Gasteiger partial charge in [0.15, 0.2) is 0 Å². The molecule has 1 aromatic rings. The first-order valence-electron chi connectivity index (χ1n) is 3.61. The Balaban J connectivity index is 2.67. The molecule has 3 nitrogen and oxygen atoms in total. The number of aliphatic imine (C=N–C) groups is 1. The van der Waals surface area contributed by atoms with Crippen molar-refractivity contribution in [3.63, 3.8) is 0 Å². The lowest BCUT2D eigenvalue weighted by molar-refractivity contribution is 0.927. The van der Waals surface area contributed by atoms with Gasteiger partial charge >= 0.3 is 0 Å². The molecule has 0 aliphatic carbocycles. The highest BCUT2D eigenvalue weighted by atomic mass is 14.9. The van der Waals surface area contributed by atoms with E-state index in [4.69, 9.17) is 0 Å². The number of hydrogen-bond acceptors (Lipinski definition) is 3. The number of fused-ring (bicyclic) bond motifs is 1. The Morgan fingerprint density at radius 3 is 2.91 bits per heavy atom. The molecule has 2 heterocycles. The highest BCUT2D eigenvalue weighted by molar-refractivity contribution is 5.84. The van der Waals surface area contributed by atoms with Gasteiger partial charge in [-0.25, -0.2) is 9.97 Å². The van der Waals surface area contributed by atoms with Crippen LogP contribution >= 0.6 is 0 Å². The second-order valence-corrected chi connectivity index (χ2v) is 2.69. The molecule has 2 rings (SSSR count). The van der Waals surface area contributed by atoms with E-state index in [1.54, 1.807) is 0 Å². The Labute approximate surface area is 65.2 Å². The van der Waals surface area contributed by atoms with Gasteiger partial charge < -0.3 is 0 Å². The van der Waals surface area contributed by atoms with Crippen LogP contribution in [-0.4, -0.2) is 16.2 Å². The largest absolute Gasteiger partial charge is 0.286 e. The Bertz CT molecular complexity index is 328. The van der Waals surface area contributed by atoms with Gasteiger partial charge in [-0.05, 0) is 13.8 Å². The second kappa shape index (κ2) is 2.12. The van der Waals surface area contributed by atoms with E-state index in [1.807, 2.05) is 20.1 Å². The number of aryl methyl sites for hydroxylation is 2. The summed E-state index contributed by atoms with van der Waals surface area (Å²) in [6.07, 6.45) is 1.85. The van der Waals surface area contributed by atoms with E-state index in [1.165, 1.54) is 0 Å². The monoisotopic (exact) mass is 147 g/mol. The van der Waals surface area contributed by atoms with Crippen LogP contribution in [0.3, 0.4) is 0 Å². The first-order chi connectivity index (χ1) is 5.27. The first kappa shape index (κ1) is 6.46. The van der Waals surface area contributed by atoms with Gasteiger partial charge in [0.1, 0.15) is 5.82 Å². The van der Waals surface area contributed by atoms with Gasteiger partial charge in [0, 0.05) is 11.8 Å². The van der Waals surface area contributed by atoms with Crippen molar-refractivity contribution in [2.45, 2.75) is 20.4 Å². The average Bonchev–Trinajstić information content (AvgIpc) is 2.34. The predicted molar refractivity (Wildman–Crippen MR) is 42.8 cm³/mol. The smallest absolute Gasteiger partial charge is 0.125 e. The van der Waals surface area contributed by atoms with E-state index in [0.29, 0.717) is 0 Å². The fourth-order valence-corrected chi connectivity index (χ4v) is 1.30. The molecule has 0 bridgehead atoms. The summed E-state index contributed by atoms with van der Waals surface area (Å²) >= 11 is 0. The van der Waals surface area contributed by atoms with Crippen molar-refractivity contribution in [3.05, 3.63) is 22.8 Å². The Morgan fingerprint density at radius 2 is 2.09 bits per heavy atom. The minimum absolute atomic E-state index is 0.722. The molecule has 0 saturated heterocycles. The number of nitrogens with zero attached hydrogens (tertiary/aromatic N) is 3. The third kappa shape index (κ3) is 0.926. The fourth-order valence-electron chi connectivity index (χ4n) is 1.30. The minimum atomic E-state index is 0.722. The quantitative estimate of drug-likeness (QED) is 0.549. The van der Waals surface area contributed by atoms with Gasteiger partial charge in [-0.1, -0.05) is 0 Å². The predicted octanol–water partition coefficient (Wildman–Crippen LogP) is 1.03. The van der Waals surface area contributed by atoms with E-state index in [-0.39, 0.29) is 0 Å². The lowest BCUT2D eigenvalue weighted by Crippen LogP contribution is -1.99. The van der Waals surface area contributed by atoms with Gasteiger partial charge in [0.2, 0.25) is 0 Å². The number of hydrogen-bond donors (Lipinski definition) is 0. The van der Waals surface area contributed by atoms with Crippen molar-refractivity contribution in [1.82, 2.24) is 9.97 Å². The summed E-state index contributed by atoms with van der Waals surface area (Å²) in [6, 6.07) is 0. The van der Waals surface area contributed by atoms with E-state index in [2.05, 4.69) is 15.0 Å². The summed E-state index contributed by atoms with van der Waals surface area (Å²) in [7, 11) is 0. The lowest BCUT2D eigenvalue weighted by Gasteiger charge is -2.00. The summed E-state index contributed by atoms with van der Waals surface area (Å²) in [5.74, 6) is 0.840. The second-order valence-electron chi connectivity index (χ2n) is 2.69. The van der Waals surface area contributed by atoms with Gasteiger partial charge in [-0.2, -0.15) is 0 Å². The summed E-state index contributed by atoms with van der Waals surface area (Å²) in [6.45, 7) is 4.62. The Hall–Kier alpha value is -1.25. The third-order valence-electron chi connectivity index (χ3n) is 1.79. The van der Waals surface area contributed by atoms with Gasteiger partial charge in [0.05, 0.1) is 17.9 Å². The SMILES string of the molecule is Cc1nc(C)c2c(n1)CN=C2. The Morgan fingerprint density at radius 1 is 1.27 bits per heavy atom. The maximum absolute atomic E-state index is 4.28. The summed E-state index contributed by atoms with van der Waals surface area (Å²) < 4.78 is 0. The van der Waals surface area contributed by atoms with Crippen molar-refractivity contribution in [3.8, 4) is 0 Å². The zero-order valence-electron chi connectivity index (χ0n) is 6.63. The highest BCUT2D eigenvalue weighted by Gasteiger charge is 2.11. The average molecular weight is 147 g/mol. The fraction of sp³-hybridized carbons (Fsp3) is 0.375. The van der Waals surface area contributed by atoms with E-state index >= 15 is 0 Å². The topological polar surface area (TPSA) is 38.1 Å². The van der Waals surface area contributed by atoms with E-state index < -0.39 is 0 Å². The van der Waals surface area contributed by atoms with Crippen molar-refractivity contribution in [2.24, 2.45) is 4.99 Å². The standard InChI is InChI=1S/C8H9N3/c1-5-7-3-9-4-8(7)11-6(2)10-5/h3H,4H2,1-2H3. The minimum Gasteiger partial charge on any atom is -0.286 e. The van der Waals surface area contributed by atoms with Gasteiger partial charge in [0.25, 0.3) is 0 Å². The molecule has 0 amide bonds. The molecule has 11 heavy (non-hydrogen) atoms. The first-order valence-corrected chi connectivity index (χ1v) is 3.61. The van der Waals surface area contributed by atoms with Crippen LogP contribution in [0.25, 0.3) is 0 Å². The van der Waals surface area contributed by atoms with Crippen LogP contribution in [0, 0.1) is 13.8 Å². The van der Waals surface area contributed by atoms with Crippen LogP contribution in [0.5, 0.6) is 0 Å². The van der Waals surface area contributed by atoms with Crippen LogP contribution in [-0.2, 0) is 6.54 Å². The van der Waals surface area contributed by atoms with Crippen LogP contribution in [0.15, 0.2) is 4.99 Å². The van der Waals surface area contributed by atoms with Crippen molar-refractivity contribution < 1.29 is 0 Å². The normalized spacial score (nSPS) is 13.6. The van der Waals surface area contributed by atoms with Gasteiger partial charge in [-0.15, -0.1) is 0 Å². The summed E-state index contributed by atoms with van der Waals surface area (Å²) in [5, 5.41) is 0. The summed E-state index contributed by atoms with van der Waals surface area (Å²) in [4.78, 5) is 12.6. The molecule has 0 atom stereocenters. The zero-order chi connectivity index (χ0) is 7.84. The molecule has 1 aliphatic heterocycles. The third-order valence-corrected chi connectivity index (χ3v) is 1.79. The van der Waals surface area contributed by atoms with Crippen LogP contribution < -0.4 is 0 Å². The highest BCUT2D eigenvalue weighted by Crippen LogP contribution is 2.14. The molecule has 0 aromatic carbocycles. The molecule has 0 radical (unpaired) electrons. The molecule has 1 aromatic heterocycles. The summed E-state index contributed by atoms with van der Waals surface area (Å²) in [5.41, 5.74) is 3.21. The maximum atomic E-state index is 4.28. The number of rotatable bonds is 0. The molecule has 0 saturated carbocycles. The van der Waals surface area contributed by atoms with Crippen LogP contribution in [0.2, 0.25) is 0 Å². The molecular weight excluding hydrogens is 138 g/mol. The van der Waals surface area contributed by atoms with Crippen LogP contribution in [0.1, 0.15) is 22.8 Å². The molecule has 0 fully saturated rings. The number of aromatic nitrogens is 2. The lowest BCUT2D eigenvalue weighted by atomic mass is 10.2. The van der Waals surface area contributed by atoms with Crippen LogP contribution in [0.4, 0.5) is 0 Å². The maximum Gasteiger partial charge on any atom is 0.125 e. The molecule has 0 spiro atoms. The van der Waals surface area contributed by atoms with Crippen molar-refractivity contribution >= 4 is 6.21 Å². The molecule has 1 aliphatic rings. The van der Waals surface area contributed by atoms with Crippen molar-refractivity contribution in [2.75, 3.05) is 0 Å². The van der Waals surface area contributed by atoms with E-state index in [0.717, 1.165) is 29.3 Å². The molecule has 3 heteroatoms. The van der Waals surface area contributed by atoms with Gasteiger partial charge in [-0.3, -0.25) is 4.99 Å². The molecule has 56 valence electrons. The molecule has 0 unspecified atom stereocenters. The van der Waals surface area contributed by atoms with E-state index in [9.17, 15) is 0 Å². The Kier molecular flexibility index (Phi) is 1.24. The zero-order valence-corrected chi connectivity index (χ0v) is 6.63. The molecular formula is C8H9N3.